The summed E-state index contributed by atoms with van der Waals surface area (Å²) in [6, 6.07) is 19.5. The zero-order chi connectivity index (χ0) is 25.7. The first-order chi connectivity index (χ1) is 17.9. The van der Waals surface area contributed by atoms with E-state index in [9.17, 15) is 9.59 Å². The van der Waals surface area contributed by atoms with Crippen molar-refractivity contribution in [2.24, 2.45) is 0 Å². The van der Waals surface area contributed by atoms with Gasteiger partial charge < -0.3 is 10.3 Å². The Bertz CT molecular complexity index is 1720. The van der Waals surface area contributed by atoms with Crippen molar-refractivity contribution in [3.8, 4) is 28.5 Å². The molecule has 0 atom stereocenters. The molecule has 1 aliphatic carbocycles. The highest BCUT2D eigenvalue weighted by Crippen LogP contribution is 2.31. The number of aromatic nitrogens is 4. The average Bonchev–Trinajstić information content (AvgIpc) is 3.61. The highest BCUT2D eigenvalue weighted by Gasteiger charge is 2.24. The maximum Gasteiger partial charge on any atom is 0.279 e. The summed E-state index contributed by atoms with van der Waals surface area (Å²) in [6.45, 7) is 0. The molecule has 0 aliphatic heterocycles. The molecule has 1 fully saturated rings. The van der Waals surface area contributed by atoms with Gasteiger partial charge in [-0.25, -0.2) is 9.97 Å². The van der Waals surface area contributed by atoms with E-state index in [-0.39, 0.29) is 23.3 Å². The molecule has 3 aromatic carbocycles. The Hall–Kier alpha value is -3.65. The largest absolute Gasteiger partial charge is 0.349 e. The van der Waals surface area contributed by atoms with Gasteiger partial charge in [0.1, 0.15) is 11.6 Å². The Morgan fingerprint density at radius 1 is 0.919 bits per heavy atom. The van der Waals surface area contributed by atoms with E-state index in [2.05, 4.69) is 15.3 Å². The Labute approximate surface area is 226 Å². The highest BCUT2D eigenvalue weighted by atomic mass is 35.5. The quantitative estimate of drug-likeness (QED) is 0.269. The number of carbonyl (C=O) groups is 1. The first-order valence-electron chi connectivity index (χ1n) is 11.5. The molecule has 37 heavy (non-hydrogen) atoms. The number of nitrogens with zero attached hydrogens (tertiary/aromatic N) is 3. The number of H-pyrrole nitrogens is 1. The SMILES string of the molecule is O=C(NC1CC1)c1ccc(-n2c(-c3ccc(Cl)cc3)nc3c(=O)[nH]c(-c4ccc(Cl)cc4Cl)nc32)cc1. The van der Waals surface area contributed by atoms with Crippen LogP contribution in [-0.4, -0.2) is 31.5 Å². The summed E-state index contributed by atoms with van der Waals surface area (Å²) in [4.78, 5) is 37.9. The summed E-state index contributed by atoms with van der Waals surface area (Å²) in [5.41, 5.74) is 2.58. The van der Waals surface area contributed by atoms with Gasteiger partial charge in [0.05, 0.1) is 5.02 Å². The number of benzene rings is 3. The molecule has 7 nitrogen and oxygen atoms in total. The lowest BCUT2D eigenvalue weighted by Gasteiger charge is -2.11. The molecular formula is C27H18Cl3N5O2. The molecule has 2 aromatic heterocycles. The fourth-order valence-electron chi connectivity index (χ4n) is 4.07. The number of aromatic amines is 1. The Morgan fingerprint density at radius 3 is 2.30 bits per heavy atom. The second-order valence-electron chi connectivity index (χ2n) is 8.78. The number of imidazole rings is 1. The van der Waals surface area contributed by atoms with Crippen molar-refractivity contribution in [1.82, 2.24) is 24.8 Å². The monoisotopic (exact) mass is 549 g/mol. The van der Waals surface area contributed by atoms with E-state index in [0.717, 1.165) is 18.4 Å². The number of rotatable bonds is 5. The number of carbonyl (C=O) groups excluding carboxylic acids is 1. The van der Waals surface area contributed by atoms with Gasteiger partial charge in [-0.3, -0.25) is 14.2 Å². The molecule has 0 saturated heterocycles. The van der Waals surface area contributed by atoms with Crippen molar-refractivity contribution in [2.45, 2.75) is 18.9 Å². The minimum absolute atomic E-state index is 0.114. The van der Waals surface area contributed by atoms with E-state index in [1.807, 2.05) is 12.1 Å². The minimum atomic E-state index is -0.416. The van der Waals surface area contributed by atoms with Gasteiger partial charge in [0.2, 0.25) is 0 Å². The summed E-state index contributed by atoms with van der Waals surface area (Å²) in [5, 5.41) is 4.39. The minimum Gasteiger partial charge on any atom is -0.349 e. The van der Waals surface area contributed by atoms with Gasteiger partial charge in [-0.2, -0.15) is 0 Å². The number of hydrogen-bond acceptors (Lipinski definition) is 4. The zero-order valence-electron chi connectivity index (χ0n) is 19.1. The molecule has 0 unspecified atom stereocenters. The van der Waals surface area contributed by atoms with Gasteiger partial charge in [0, 0.05) is 38.5 Å². The van der Waals surface area contributed by atoms with Crippen LogP contribution in [0.15, 0.2) is 71.5 Å². The summed E-state index contributed by atoms with van der Waals surface area (Å²) >= 11 is 18.6. The van der Waals surface area contributed by atoms with Crippen molar-refractivity contribution < 1.29 is 4.79 Å². The predicted octanol–water partition coefficient (Wildman–Crippen LogP) is 6.30. The van der Waals surface area contributed by atoms with Gasteiger partial charge in [0.15, 0.2) is 11.2 Å². The van der Waals surface area contributed by atoms with Crippen LogP contribution in [0.25, 0.3) is 39.6 Å². The molecular weight excluding hydrogens is 533 g/mol. The Balaban J connectivity index is 1.55. The van der Waals surface area contributed by atoms with E-state index >= 15 is 0 Å². The summed E-state index contributed by atoms with van der Waals surface area (Å²) < 4.78 is 1.78. The van der Waals surface area contributed by atoms with E-state index in [1.165, 1.54) is 0 Å². The predicted molar refractivity (Wildman–Crippen MR) is 146 cm³/mol. The van der Waals surface area contributed by atoms with Crippen LogP contribution >= 0.6 is 34.8 Å². The van der Waals surface area contributed by atoms with E-state index in [0.29, 0.717) is 43.4 Å². The Morgan fingerprint density at radius 2 is 1.62 bits per heavy atom. The van der Waals surface area contributed by atoms with E-state index in [4.69, 9.17) is 39.8 Å². The molecule has 0 bridgehead atoms. The maximum atomic E-state index is 13.2. The van der Waals surface area contributed by atoms with Crippen molar-refractivity contribution in [1.29, 1.82) is 0 Å². The normalized spacial score (nSPS) is 13.2. The van der Waals surface area contributed by atoms with Gasteiger partial charge in [-0.05, 0) is 79.6 Å². The number of amides is 1. The Kier molecular flexibility index (Phi) is 5.99. The molecule has 10 heteroatoms. The molecule has 0 spiro atoms. The average molecular weight is 551 g/mol. The lowest BCUT2D eigenvalue weighted by molar-refractivity contribution is 0.0951. The topological polar surface area (TPSA) is 92.7 Å². The molecule has 1 saturated carbocycles. The van der Waals surface area contributed by atoms with Crippen LogP contribution < -0.4 is 10.9 Å². The molecule has 5 aromatic rings. The summed E-state index contributed by atoms with van der Waals surface area (Å²) in [5.74, 6) is 0.666. The lowest BCUT2D eigenvalue weighted by atomic mass is 10.1. The molecule has 0 radical (unpaired) electrons. The molecule has 184 valence electrons. The van der Waals surface area contributed by atoms with E-state index in [1.54, 1.807) is 59.2 Å². The van der Waals surface area contributed by atoms with Crippen LogP contribution in [0.5, 0.6) is 0 Å². The highest BCUT2D eigenvalue weighted by molar-refractivity contribution is 6.36. The van der Waals surface area contributed by atoms with Gasteiger partial charge in [-0.1, -0.05) is 34.8 Å². The second kappa shape index (κ2) is 9.34. The third-order valence-corrected chi connectivity index (χ3v) is 6.91. The summed E-state index contributed by atoms with van der Waals surface area (Å²) in [7, 11) is 0. The number of nitrogens with one attached hydrogen (secondary N) is 2. The number of hydrogen-bond donors (Lipinski definition) is 2. The first kappa shape index (κ1) is 23.7. The second-order valence-corrected chi connectivity index (χ2v) is 10.1. The zero-order valence-corrected chi connectivity index (χ0v) is 21.4. The third-order valence-electron chi connectivity index (χ3n) is 6.11. The summed E-state index contributed by atoms with van der Waals surface area (Å²) in [6.07, 6.45) is 2.02. The van der Waals surface area contributed by atoms with Crippen LogP contribution in [0.3, 0.4) is 0 Å². The van der Waals surface area contributed by atoms with Crippen LogP contribution in [-0.2, 0) is 0 Å². The van der Waals surface area contributed by atoms with Crippen molar-refractivity contribution in [2.75, 3.05) is 0 Å². The van der Waals surface area contributed by atoms with Crippen LogP contribution in [0.2, 0.25) is 15.1 Å². The number of halogens is 3. The van der Waals surface area contributed by atoms with Crippen LogP contribution in [0.4, 0.5) is 0 Å². The van der Waals surface area contributed by atoms with Crippen molar-refractivity contribution >= 4 is 51.9 Å². The first-order valence-corrected chi connectivity index (χ1v) is 12.7. The maximum absolute atomic E-state index is 13.2. The smallest absolute Gasteiger partial charge is 0.279 e. The van der Waals surface area contributed by atoms with Crippen LogP contribution in [0, 0.1) is 0 Å². The fraction of sp³-hybridized carbons (Fsp3) is 0.111. The standard InChI is InChI=1S/C27H18Cl3N5O2/c28-16-5-1-14(2-6-16)24-32-22-25(33-23(34-27(22)37)20-12-7-17(29)13-21(20)30)35(24)19-10-3-15(4-11-19)26(36)31-18-8-9-18/h1-7,10-13,18H,8-9H2,(H,31,36)(H,33,34,37). The third kappa shape index (κ3) is 4.62. The molecule has 2 N–H and O–H groups in total. The molecule has 1 aliphatic rings. The van der Waals surface area contributed by atoms with Gasteiger partial charge in [0.25, 0.3) is 11.5 Å². The lowest BCUT2D eigenvalue weighted by Crippen LogP contribution is -2.25. The van der Waals surface area contributed by atoms with E-state index < -0.39 is 5.56 Å². The molecule has 6 rings (SSSR count). The van der Waals surface area contributed by atoms with Crippen molar-refractivity contribution in [3.05, 3.63) is 97.7 Å². The fourth-order valence-corrected chi connectivity index (χ4v) is 4.70. The van der Waals surface area contributed by atoms with Gasteiger partial charge in [-0.15, -0.1) is 0 Å². The molecule has 2 heterocycles. The number of fused-ring (bicyclic) bond motifs is 1. The van der Waals surface area contributed by atoms with Crippen LogP contribution in [0.1, 0.15) is 23.2 Å². The van der Waals surface area contributed by atoms with Gasteiger partial charge >= 0.3 is 0 Å². The van der Waals surface area contributed by atoms with Crippen molar-refractivity contribution in [3.63, 3.8) is 0 Å². The molecule has 1 amide bonds.